The van der Waals surface area contributed by atoms with E-state index in [4.69, 9.17) is 5.73 Å². The van der Waals surface area contributed by atoms with Crippen LogP contribution in [0, 0.1) is 0 Å². The van der Waals surface area contributed by atoms with Crippen molar-refractivity contribution in [3.05, 3.63) is 18.0 Å². The lowest BCUT2D eigenvalue weighted by atomic mass is 10.2. The van der Waals surface area contributed by atoms with Gasteiger partial charge in [-0.05, 0) is 18.9 Å². The number of hydrogen-bond donors (Lipinski definition) is 1. The number of rotatable bonds is 3. The van der Waals surface area contributed by atoms with Crippen molar-refractivity contribution in [2.75, 3.05) is 0 Å². The predicted octanol–water partition coefficient (Wildman–Crippen LogP) is 1.25. The van der Waals surface area contributed by atoms with E-state index < -0.39 is 0 Å². The average molecular weight is 246 g/mol. The highest BCUT2D eigenvalue weighted by atomic mass is 15.5. The zero-order valence-corrected chi connectivity index (χ0v) is 10.6. The van der Waals surface area contributed by atoms with E-state index in [9.17, 15) is 0 Å². The Morgan fingerprint density at radius 3 is 2.78 bits per heavy atom. The van der Waals surface area contributed by atoms with E-state index in [1.807, 2.05) is 22.5 Å². The fourth-order valence-corrected chi connectivity index (χ4v) is 2.74. The smallest absolute Gasteiger partial charge is 0.111 e. The molecule has 18 heavy (non-hydrogen) atoms. The van der Waals surface area contributed by atoms with Gasteiger partial charge in [0.25, 0.3) is 0 Å². The average Bonchev–Trinajstić information content (AvgIpc) is 3.06. The molecule has 3 rings (SSSR count). The Bertz CT molecular complexity index is 535. The summed E-state index contributed by atoms with van der Waals surface area (Å²) in [6, 6.07) is 2.45. The van der Waals surface area contributed by atoms with Gasteiger partial charge in [0.1, 0.15) is 11.4 Å². The van der Waals surface area contributed by atoms with Crippen LogP contribution in [0.15, 0.2) is 12.3 Å². The first-order valence-corrected chi connectivity index (χ1v) is 6.43. The Morgan fingerprint density at radius 2 is 2.17 bits per heavy atom. The van der Waals surface area contributed by atoms with E-state index in [0.717, 1.165) is 17.1 Å². The molecule has 1 aliphatic carbocycles. The quantitative estimate of drug-likeness (QED) is 0.884. The molecule has 6 nitrogen and oxygen atoms in total. The van der Waals surface area contributed by atoms with E-state index in [0.29, 0.717) is 12.6 Å². The van der Waals surface area contributed by atoms with Crippen molar-refractivity contribution in [3.8, 4) is 11.4 Å². The van der Waals surface area contributed by atoms with Gasteiger partial charge in [0.2, 0.25) is 0 Å². The first-order chi connectivity index (χ1) is 8.81. The van der Waals surface area contributed by atoms with Crippen LogP contribution in [0.5, 0.6) is 0 Å². The zero-order chi connectivity index (χ0) is 12.5. The maximum Gasteiger partial charge on any atom is 0.111 e. The molecule has 0 aliphatic heterocycles. The third kappa shape index (κ3) is 1.73. The molecule has 0 spiro atoms. The minimum Gasteiger partial charge on any atom is -0.325 e. The highest BCUT2D eigenvalue weighted by molar-refractivity contribution is 5.57. The Morgan fingerprint density at radius 1 is 1.39 bits per heavy atom. The monoisotopic (exact) mass is 246 g/mol. The second-order valence-electron chi connectivity index (χ2n) is 4.81. The second kappa shape index (κ2) is 4.53. The van der Waals surface area contributed by atoms with Gasteiger partial charge in [-0.1, -0.05) is 18.1 Å². The highest BCUT2D eigenvalue weighted by Gasteiger charge is 2.24. The normalized spacial score (nSPS) is 16.6. The van der Waals surface area contributed by atoms with Gasteiger partial charge in [-0.25, -0.2) is 4.68 Å². The van der Waals surface area contributed by atoms with Gasteiger partial charge in [-0.2, -0.15) is 5.10 Å². The van der Waals surface area contributed by atoms with Crippen LogP contribution in [0.2, 0.25) is 0 Å². The first kappa shape index (κ1) is 11.4. The Kier molecular flexibility index (Phi) is 2.87. The summed E-state index contributed by atoms with van der Waals surface area (Å²) in [6.45, 7) is 0.410. The van der Waals surface area contributed by atoms with Crippen LogP contribution in [0.3, 0.4) is 0 Å². The van der Waals surface area contributed by atoms with E-state index in [2.05, 4.69) is 15.4 Å². The van der Waals surface area contributed by atoms with Crippen LogP contribution in [0.1, 0.15) is 37.4 Å². The molecule has 6 heteroatoms. The van der Waals surface area contributed by atoms with E-state index in [1.165, 1.54) is 25.7 Å². The molecule has 96 valence electrons. The minimum atomic E-state index is 0.410. The van der Waals surface area contributed by atoms with Crippen LogP contribution in [-0.2, 0) is 13.6 Å². The molecule has 1 saturated carbocycles. The third-order valence-electron chi connectivity index (χ3n) is 3.69. The molecule has 2 N–H and O–H groups in total. The molecule has 2 aromatic heterocycles. The van der Waals surface area contributed by atoms with Gasteiger partial charge in [0.15, 0.2) is 0 Å². The first-order valence-electron chi connectivity index (χ1n) is 6.43. The number of aryl methyl sites for hydroxylation is 1. The molecule has 0 aromatic carbocycles. The van der Waals surface area contributed by atoms with Gasteiger partial charge in [-0.15, -0.1) is 5.10 Å². The number of hydrogen-bond acceptors (Lipinski definition) is 4. The van der Waals surface area contributed by atoms with Crippen molar-refractivity contribution in [3.63, 3.8) is 0 Å². The van der Waals surface area contributed by atoms with E-state index in [-0.39, 0.29) is 0 Å². The summed E-state index contributed by atoms with van der Waals surface area (Å²) in [5.74, 6) is 0. The standard InChI is InChI=1S/C12H18N6/c1-17-11(6-7-14-17)12-10(8-13)15-16-18(12)9-4-2-3-5-9/h6-7,9H,2-5,8,13H2,1H3. The number of nitrogens with zero attached hydrogens (tertiary/aromatic N) is 5. The summed E-state index contributed by atoms with van der Waals surface area (Å²) in [6.07, 6.45) is 6.69. The molecule has 2 aromatic rings. The van der Waals surface area contributed by atoms with Gasteiger partial charge in [-0.3, -0.25) is 4.68 Å². The van der Waals surface area contributed by atoms with Gasteiger partial charge in [0, 0.05) is 19.8 Å². The van der Waals surface area contributed by atoms with Crippen molar-refractivity contribution in [2.45, 2.75) is 38.3 Å². The fraction of sp³-hybridized carbons (Fsp3) is 0.583. The van der Waals surface area contributed by atoms with Crippen LogP contribution in [-0.4, -0.2) is 24.8 Å². The predicted molar refractivity (Wildman–Crippen MR) is 67.6 cm³/mol. The Hall–Kier alpha value is -1.69. The van der Waals surface area contributed by atoms with E-state index >= 15 is 0 Å². The molecule has 2 heterocycles. The summed E-state index contributed by atoms with van der Waals surface area (Å²) in [5.41, 5.74) is 8.69. The van der Waals surface area contributed by atoms with E-state index in [1.54, 1.807) is 6.20 Å². The lowest BCUT2D eigenvalue weighted by Gasteiger charge is -2.13. The summed E-state index contributed by atoms with van der Waals surface area (Å²) >= 11 is 0. The Labute approximate surface area is 106 Å². The molecular formula is C12H18N6. The second-order valence-corrected chi connectivity index (χ2v) is 4.81. The maximum atomic E-state index is 5.77. The molecule has 0 amide bonds. The molecule has 0 bridgehead atoms. The molecule has 0 saturated heterocycles. The highest BCUT2D eigenvalue weighted by Crippen LogP contribution is 2.33. The summed E-state index contributed by atoms with van der Waals surface area (Å²) < 4.78 is 3.90. The fourth-order valence-electron chi connectivity index (χ4n) is 2.74. The van der Waals surface area contributed by atoms with Gasteiger partial charge >= 0.3 is 0 Å². The van der Waals surface area contributed by atoms with Crippen LogP contribution < -0.4 is 5.73 Å². The zero-order valence-electron chi connectivity index (χ0n) is 10.6. The number of aromatic nitrogens is 5. The topological polar surface area (TPSA) is 74.6 Å². The molecule has 1 aliphatic rings. The van der Waals surface area contributed by atoms with Crippen molar-refractivity contribution < 1.29 is 0 Å². The van der Waals surface area contributed by atoms with Crippen LogP contribution in [0.4, 0.5) is 0 Å². The van der Waals surface area contributed by atoms with Crippen molar-refractivity contribution in [1.82, 2.24) is 24.8 Å². The lowest BCUT2D eigenvalue weighted by Crippen LogP contribution is -2.11. The van der Waals surface area contributed by atoms with Crippen molar-refractivity contribution in [2.24, 2.45) is 12.8 Å². The molecular weight excluding hydrogens is 228 g/mol. The SMILES string of the molecule is Cn1nccc1-c1c(CN)nnn1C1CCCC1. The minimum absolute atomic E-state index is 0.410. The molecule has 0 unspecified atom stereocenters. The van der Waals surface area contributed by atoms with Gasteiger partial charge in [0.05, 0.1) is 11.7 Å². The molecule has 1 fully saturated rings. The van der Waals surface area contributed by atoms with Crippen LogP contribution in [0.25, 0.3) is 11.4 Å². The summed E-state index contributed by atoms with van der Waals surface area (Å²) in [5, 5.41) is 12.8. The maximum absolute atomic E-state index is 5.77. The molecule has 0 atom stereocenters. The lowest BCUT2D eigenvalue weighted by molar-refractivity contribution is 0.457. The summed E-state index contributed by atoms with van der Waals surface area (Å²) in [7, 11) is 1.93. The number of nitrogens with two attached hydrogens (primary N) is 1. The van der Waals surface area contributed by atoms with Crippen molar-refractivity contribution >= 4 is 0 Å². The van der Waals surface area contributed by atoms with Crippen LogP contribution >= 0.6 is 0 Å². The van der Waals surface area contributed by atoms with Gasteiger partial charge < -0.3 is 5.73 Å². The Balaban J connectivity index is 2.10. The third-order valence-corrected chi connectivity index (χ3v) is 3.69. The molecule has 0 radical (unpaired) electrons. The largest absolute Gasteiger partial charge is 0.325 e. The summed E-state index contributed by atoms with van der Waals surface area (Å²) in [4.78, 5) is 0. The van der Waals surface area contributed by atoms with Crippen molar-refractivity contribution in [1.29, 1.82) is 0 Å².